The molecule has 1 aromatic heterocycles. The smallest absolute Gasteiger partial charge is 0.243 e. The molecule has 2 fully saturated rings. The number of hydrogen-bond acceptors (Lipinski definition) is 5. The Morgan fingerprint density at radius 2 is 1.96 bits per heavy atom. The summed E-state index contributed by atoms with van der Waals surface area (Å²) < 4.78 is 39.5. The van der Waals surface area contributed by atoms with Crippen molar-refractivity contribution in [2.45, 2.75) is 49.9 Å². The molecule has 0 bridgehead atoms. The van der Waals surface area contributed by atoms with Crippen LogP contribution in [0.15, 0.2) is 47.5 Å². The summed E-state index contributed by atoms with van der Waals surface area (Å²) in [6, 6.07) is 11.2. The fraction of sp³-hybridized carbons (Fsp3) is 0.476. The van der Waals surface area contributed by atoms with Gasteiger partial charge in [-0.25, -0.2) is 8.42 Å². The third-order valence-corrected chi connectivity index (χ3v) is 7.17. The molecule has 2 saturated heterocycles. The van der Waals surface area contributed by atoms with E-state index in [1.807, 2.05) is 38.1 Å². The maximum absolute atomic E-state index is 13.0. The standard InChI is InChI=1S/C21H26N2O4S/c1-16-9-17(2)11-20(10-16)28(24,25)23-14-21(15-23)12-19(6-8-27-21)26-13-18-5-3-4-7-22-18/h3-5,7,9-11,19H,6,8,12-15H2,1-2H3. The van der Waals surface area contributed by atoms with Gasteiger partial charge in [0.1, 0.15) is 0 Å². The van der Waals surface area contributed by atoms with Gasteiger partial charge in [-0.05, 0) is 55.7 Å². The summed E-state index contributed by atoms with van der Waals surface area (Å²) in [6.45, 7) is 5.64. The lowest BCUT2D eigenvalue weighted by Crippen LogP contribution is -2.67. The highest BCUT2D eigenvalue weighted by Crippen LogP contribution is 2.38. The van der Waals surface area contributed by atoms with Crippen molar-refractivity contribution in [1.29, 1.82) is 0 Å². The van der Waals surface area contributed by atoms with Crippen LogP contribution in [0.3, 0.4) is 0 Å². The molecule has 0 aliphatic carbocycles. The number of hydrogen-bond donors (Lipinski definition) is 0. The van der Waals surface area contributed by atoms with E-state index in [1.54, 1.807) is 18.3 Å². The van der Waals surface area contributed by atoms with Gasteiger partial charge in [-0.1, -0.05) is 12.1 Å². The lowest BCUT2D eigenvalue weighted by atomic mass is 9.86. The summed E-state index contributed by atoms with van der Waals surface area (Å²) >= 11 is 0. The average molecular weight is 403 g/mol. The fourth-order valence-corrected chi connectivity index (χ4v) is 5.81. The average Bonchev–Trinajstić information content (AvgIpc) is 2.64. The van der Waals surface area contributed by atoms with Crippen molar-refractivity contribution in [2.24, 2.45) is 0 Å². The van der Waals surface area contributed by atoms with E-state index in [-0.39, 0.29) is 6.10 Å². The zero-order chi connectivity index (χ0) is 19.8. The van der Waals surface area contributed by atoms with E-state index in [1.165, 1.54) is 4.31 Å². The molecular weight excluding hydrogens is 376 g/mol. The first-order valence-electron chi connectivity index (χ1n) is 9.60. The first kappa shape index (κ1) is 19.5. The van der Waals surface area contributed by atoms with Crippen LogP contribution < -0.4 is 0 Å². The molecule has 1 spiro atoms. The van der Waals surface area contributed by atoms with E-state index in [0.717, 1.165) is 23.2 Å². The number of rotatable bonds is 5. The molecule has 0 radical (unpaired) electrons. The molecule has 0 N–H and O–H groups in total. The van der Waals surface area contributed by atoms with Crippen molar-refractivity contribution in [2.75, 3.05) is 19.7 Å². The lowest BCUT2D eigenvalue weighted by Gasteiger charge is -2.52. The van der Waals surface area contributed by atoms with Gasteiger partial charge < -0.3 is 9.47 Å². The predicted octanol–water partition coefficient (Wildman–Crippen LogP) is 2.84. The summed E-state index contributed by atoms with van der Waals surface area (Å²) in [5.41, 5.74) is 2.37. The third-order valence-electron chi connectivity index (χ3n) is 5.40. The van der Waals surface area contributed by atoms with Crippen molar-refractivity contribution >= 4 is 10.0 Å². The molecule has 2 aliphatic heterocycles. The van der Waals surface area contributed by atoms with Gasteiger partial charge >= 0.3 is 0 Å². The van der Waals surface area contributed by atoms with Gasteiger partial charge in [-0.2, -0.15) is 4.31 Å². The van der Waals surface area contributed by atoms with Crippen molar-refractivity contribution in [3.63, 3.8) is 0 Å². The molecular formula is C21H26N2O4S. The summed E-state index contributed by atoms with van der Waals surface area (Å²) in [5.74, 6) is 0. The normalized spacial score (nSPS) is 22.1. The quantitative estimate of drug-likeness (QED) is 0.769. The van der Waals surface area contributed by atoms with Crippen LogP contribution in [0.4, 0.5) is 0 Å². The van der Waals surface area contributed by atoms with Crippen LogP contribution in [0.25, 0.3) is 0 Å². The van der Waals surface area contributed by atoms with Crippen molar-refractivity contribution in [1.82, 2.24) is 9.29 Å². The van der Waals surface area contributed by atoms with Crippen molar-refractivity contribution in [3.8, 4) is 0 Å². The molecule has 1 atom stereocenters. The Morgan fingerprint density at radius 1 is 1.21 bits per heavy atom. The number of ether oxygens (including phenoxy) is 2. The van der Waals surface area contributed by atoms with Crippen molar-refractivity contribution < 1.29 is 17.9 Å². The molecule has 1 unspecified atom stereocenters. The zero-order valence-corrected chi connectivity index (χ0v) is 17.1. The second-order valence-corrected chi connectivity index (χ2v) is 9.81. The van der Waals surface area contributed by atoms with Gasteiger partial charge in [-0.15, -0.1) is 0 Å². The molecule has 4 rings (SSSR count). The molecule has 0 saturated carbocycles. The fourth-order valence-electron chi connectivity index (χ4n) is 4.03. The van der Waals surface area contributed by atoms with Crippen LogP contribution in [0, 0.1) is 13.8 Å². The number of nitrogens with zero attached hydrogens (tertiary/aromatic N) is 2. The van der Waals surface area contributed by atoms with E-state index in [9.17, 15) is 8.42 Å². The molecule has 0 amide bonds. The molecule has 2 aromatic rings. The molecule has 150 valence electrons. The molecule has 2 aliphatic rings. The Bertz CT molecular complexity index is 920. The summed E-state index contributed by atoms with van der Waals surface area (Å²) in [6.07, 6.45) is 3.34. The Hall–Kier alpha value is -1.80. The molecule has 7 heteroatoms. The molecule has 1 aromatic carbocycles. The molecule has 3 heterocycles. The van der Waals surface area contributed by atoms with Gasteiger partial charge in [0.05, 0.1) is 28.9 Å². The Labute approximate surface area is 166 Å². The summed E-state index contributed by atoms with van der Waals surface area (Å²) in [4.78, 5) is 4.64. The first-order valence-corrected chi connectivity index (χ1v) is 11.0. The Balaban J connectivity index is 1.38. The second-order valence-electron chi connectivity index (χ2n) is 7.87. The maximum Gasteiger partial charge on any atom is 0.243 e. The zero-order valence-electron chi connectivity index (χ0n) is 16.3. The number of aromatic nitrogens is 1. The predicted molar refractivity (Wildman–Crippen MR) is 105 cm³/mol. The van der Waals surface area contributed by atoms with Gasteiger partial charge in [-0.3, -0.25) is 4.98 Å². The number of sulfonamides is 1. The topological polar surface area (TPSA) is 68.7 Å². The number of pyridine rings is 1. The van der Waals surface area contributed by atoms with Crippen LogP contribution >= 0.6 is 0 Å². The van der Waals surface area contributed by atoms with Gasteiger partial charge in [0.25, 0.3) is 0 Å². The number of aryl methyl sites for hydroxylation is 2. The highest BCUT2D eigenvalue weighted by molar-refractivity contribution is 7.89. The van der Waals surface area contributed by atoms with E-state index in [2.05, 4.69) is 4.98 Å². The maximum atomic E-state index is 13.0. The first-order chi connectivity index (χ1) is 13.4. The van der Waals surface area contributed by atoms with Gasteiger partial charge in [0.15, 0.2) is 0 Å². The minimum Gasteiger partial charge on any atom is -0.372 e. The lowest BCUT2D eigenvalue weighted by molar-refractivity contribution is -0.180. The highest BCUT2D eigenvalue weighted by Gasteiger charge is 2.52. The van der Waals surface area contributed by atoms with Crippen LogP contribution in [-0.4, -0.2) is 49.1 Å². The summed E-state index contributed by atoms with van der Waals surface area (Å²) in [5, 5.41) is 0. The number of benzene rings is 1. The van der Waals surface area contributed by atoms with Crippen LogP contribution in [0.2, 0.25) is 0 Å². The summed E-state index contributed by atoms with van der Waals surface area (Å²) in [7, 11) is -3.49. The van der Waals surface area contributed by atoms with E-state index >= 15 is 0 Å². The van der Waals surface area contributed by atoms with E-state index < -0.39 is 15.6 Å². The second kappa shape index (κ2) is 7.55. The Morgan fingerprint density at radius 3 is 2.64 bits per heavy atom. The monoisotopic (exact) mass is 402 g/mol. The van der Waals surface area contributed by atoms with Gasteiger partial charge in [0.2, 0.25) is 10.0 Å². The third kappa shape index (κ3) is 3.98. The van der Waals surface area contributed by atoms with Crippen molar-refractivity contribution in [3.05, 3.63) is 59.4 Å². The minimum atomic E-state index is -3.49. The minimum absolute atomic E-state index is 0.0572. The Kier molecular flexibility index (Phi) is 5.26. The van der Waals surface area contributed by atoms with Crippen LogP contribution in [0.1, 0.15) is 29.7 Å². The molecule has 6 nitrogen and oxygen atoms in total. The van der Waals surface area contributed by atoms with E-state index in [4.69, 9.17) is 9.47 Å². The van der Waals surface area contributed by atoms with Crippen LogP contribution in [0.5, 0.6) is 0 Å². The largest absolute Gasteiger partial charge is 0.372 e. The van der Waals surface area contributed by atoms with Crippen LogP contribution in [-0.2, 0) is 26.1 Å². The molecule has 28 heavy (non-hydrogen) atoms. The highest BCUT2D eigenvalue weighted by atomic mass is 32.2. The van der Waals surface area contributed by atoms with Gasteiger partial charge in [0, 0.05) is 32.3 Å². The SMILES string of the molecule is Cc1cc(C)cc(S(=O)(=O)N2CC3(CC(OCc4ccccn4)CCO3)C2)c1. The van der Waals surface area contributed by atoms with E-state index in [0.29, 0.717) is 37.6 Å².